The minimum Gasteiger partial charge on any atom is -0.337 e. The van der Waals surface area contributed by atoms with E-state index in [1.807, 2.05) is 30.9 Å². The van der Waals surface area contributed by atoms with E-state index in [4.69, 9.17) is 4.52 Å². The molecule has 1 aromatic heterocycles. The molecule has 1 aromatic carbocycles. The summed E-state index contributed by atoms with van der Waals surface area (Å²) in [6, 6.07) is 5.91. The Labute approximate surface area is 135 Å². The van der Waals surface area contributed by atoms with Gasteiger partial charge in [0, 0.05) is 18.0 Å². The fourth-order valence-corrected chi connectivity index (χ4v) is 3.42. The van der Waals surface area contributed by atoms with Crippen LogP contribution in [0.15, 0.2) is 22.7 Å². The predicted octanol–water partition coefficient (Wildman–Crippen LogP) is 3.54. The molecule has 2 aromatic rings. The van der Waals surface area contributed by atoms with Gasteiger partial charge in [-0.3, -0.25) is 4.79 Å². The number of hydrogen-bond acceptors (Lipinski definition) is 4. The SMILES string of the molecule is Cc1cc(C)cc(C(=O)N2CCCC2c2nc(C3CC3)no2)c1. The highest BCUT2D eigenvalue weighted by molar-refractivity contribution is 5.95. The average Bonchev–Trinajstić information content (AvgIpc) is 3.06. The maximum atomic E-state index is 12.9. The molecule has 2 heterocycles. The smallest absolute Gasteiger partial charge is 0.254 e. The third-order valence-electron chi connectivity index (χ3n) is 4.67. The van der Waals surface area contributed by atoms with Crippen LogP contribution in [0.1, 0.15) is 70.8 Å². The molecular formula is C18H21N3O2. The maximum absolute atomic E-state index is 12.9. The van der Waals surface area contributed by atoms with Crippen molar-refractivity contribution in [2.75, 3.05) is 6.54 Å². The van der Waals surface area contributed by atoms with Crippen molar-refractivity contribution in [2.45, 2.75) is 51.5 Å². The van der Waals surface area contributed by atoms with Crippen LogP contribution in [0.5, 0.6) is 0 Å². The Morgan fingerprint density at radius 3 is 2.61 bits per heavy atom. The standard InChI is InChI=1S/C18H21N3O2/c1-11-8-12(2)10-14(9-11)18(22)21-7-3-4-15(21)17-19-16(20-23-17)13-5-6-13/h8-10,13,15H,3-7H2,1-2H3. The number of nitrogens with zero attached hydrogens (tertiary/aromatic N) is 3. The van der Waals surface area contributed by atoms with Crippen LogP contribution >= 0.6 is 0 Å². The first kappa shape index (κ1) is 14.4. The van der Waals surface area contributed by atoms with Crippen LogP contribution < -0.4 is 0 Å². The van der Waals surface area contributed by atoms with Gasteiger partial charge >= 0.3 is 0 Å². The molecular weight excluding hydrogens is 290 g/mol. The molecule has 1 amide bonds. The van der Waals surface area contributed by atoms with Gasteiger partial charge < -0.3 is 9.42 Å². The summed E-state index contributed by atoms with van der Waals surface area (Å²) in [7, 11) is 0. The lowest BCUT2D eigenvalue weighted by molar-refractivity contribution is 0.0710. The van der Waals surface area contributed by atoms with E-state index in [-0.39, 0.29) is 11.9 Å². The molecule has 1 unspecified atom stereocenters. The lowest BCUT2D eigenvalue weighted by atomic mass is 10.1. The zero-order valence-corrected chi connectivity index (χ0v) is 13.6. The summed E-state index contributed by atoms with van der Waals surface area (Å²) in [6.07, 6.45) is 4.16. The van der Waals surface area contributed by atoms with Crippen molar-refractivity contribution in [3.8, 4) is 0 Å². The summed E-state index contributed by atoms with van der Waals surface area (Å²) in [6.45, 7) is 4.79. The van der Waals surface area contributed by atoms with E-state index in [2.05, 4.69) is 16.2 Å². The molecule has 0 bridgehead atoms. The summed E-state index contributed by atoms with van der Waals surface area (Å²) in [4.78, 5) is 19.4. The molecule has 5 heteroatoms. The normalized spacial score (nSPS) is 21.0. The number of carbonyl (C=O) groups is 1. The van der Waals surface area contributed by atoms with Crippen LogP contribution in [0.3, 0.4) is 0 Å². The molecule has 2 aliphatic rings. The van der Waals surface area contributed by atoms with Gasteiger partial charge in [0.1, 0.15) is 6.04 Å². The van der Waals surface area contributed by atoms with Crippen LogP contribution in [0.4, 0.5) is 0 Å². The van der Waals surface area contributed by atoms with E-state index in [0.717, 1.165) is 54.7 Å². The van der Waals surface area contributed by atoms with Crippen LogP contribution in [-0.2, 0) is 0 Å². The highest BCUT2D eigenvalue weighted by Gasteiger charge is 2.36. The predicted molar refractivity (Wildman–Crippen MR) is 85.2 cm³/mol. The molecule has 5 nitrogen and oxygen atoms in total. The van der Waals surface area contributed by atoms with Crippen molar-refractivity contribution in [1.82, 2.24) is 15.0 Å². The quantitative estimate of drug-likeness (QED) is 0.870. The lowest BCUT2D eigenvalue weighted by Crippen LogP contribution is -2.30. The molecule has 1 saturated carbocycles. The van der Waals surface area contributed by atoms with Gasteiger partial charge in [0.05, 0.1) is 0 Å². The molecule has 0 spiro atoms. The monoisotopic (exact) mass is 311 g/mol. The Hall–Kier alpha value is -2.17. The van der Waals surface area contributed by atoms with Crippen molar-refractivity contribution in [1.29, 1.82) is 0 Å². The van der Waals surface area contributed by atoms with E-state index < -0.39 is 0 Å². The number of amides is 1. The van der Waals surface area contributed by atoms with E-state index in [9.17, 15) is 4.79 Å². The Morgan fingerprint density at radius 1 is 1.17 bits per heavy atom. The summed E-state index contributed by atoms with van der Waals surface area (Å²) in [5.74, 6) is 1.94. The van der Waals surface area contributed by atoms with Gasteiger partial charge in [-0.2, -0.15) is 4.98 Å². The zero-order chi connectivity index (χ0) is 16.0. The topological polar surface area (TPSA) is 59.2 Å². The number of carbonyl (C=O) groups excluding carboxylic acids is 1. The minimum atomic E-state index is -0.0803. The first-order valence-corrected chi connectivity index (χ1v) is 8.34. The van der Waals surface area contributed by atoms with Crippen molar-refractivity contribution in [2.24, 2.45) is 0 Å². The molecule has 1 aliphatic carbocycles. The highest BCUT2D eigenvalue weighted by atomic mass is 16.5. The molecule has 0 radical (unpaired) electrons. The number of benzene rings is 1. The number of hydrogen-bond donors (Lipinski definition) is 0. The zero-order valence-electron chi connectivity index (χ0n) is 13.6. The molecule has 1 aliphatic heterocycles. The summed E-state index contributed by atoms with van der Waals surface area (Å²) in [5.41, 5.74) is 2.96. The highest BCUT2D eigenvalue weighted by Crippen LogP contribution is 2.40. The van der Waals surface area contributed by atoms with Crippen LogP contribution in [0.2, 0.25) is 0 Å². The summed E-state index contributed by atoms with van der Waals surface area (Å²) in [5, 5.41) is 4.09. The van der Waals surface area contributed by atoms with Gasteiger partial charge in [0.25, 0.3) is 5.91 Å². The van der Waals surface area contributed by atoms with Gasteiger partial charge in [0.2, 0.25) is 5.89 Å². The number of aromatic nitrogens is 2. The Kier molecular flexibility index (Phi) is 3.43. The maximum Gasteiger partial charge on any atom is 0.254 e. The molecule has 2 fully saturated rings. The van der Waals surface area contributed by atoms with Gasteiger partial charge in [-0.15, -0.1) is 0 Å². The third kappa shape index (κ3) is 2.76. The van der Waals surface area contributed by atoms with Crippen molar-refractivity contribution in [3.63, 3.8) is 0 Å². The van der Waals surface area contributed by atoms with Crippen molar-refractivity contribution >= 4 is 5.91 Å². The fraction of sp³-hybridized carbons (Fsp3) is 0.500. The second kappa shape index (κ2) is 5.48. The second-order valence-electron chi connectivity index (χ2n) is 6.80. The largest absolute Gasteiger partial charge is 0.337 e. The molecule has 120 valence electrons. The van der Waals surface area contributed by atoms with Crippen LogP contribution in [-0.4, -0.2) is 27.5 Å². The van der Waals surface area contributed by atoms with E-state index in [1.165, 1.54) is 0 Å². The average molecular weight is 311 g/mol. The molecule has 23 heavy (non-hydrogen) atoms. The van der Waals surface area contributed by atoms with Crippen molar-refractivity contribution in [3.05, 3.63) is 46.6 Å². The van der Waals surface area contributed by atoms with Gasteiger partial charge in [-0.1, -0.05) is 22.3 Å². The first-order chi connectivity index (χ1) is 11.1. The Balaban J connectivity index is 1.59. The molecule has 4 rings (SSSR count). The van der Waals surface area contributed by atoms with Crippen molar-refractivity contribution < 1.29 is 9.32 Å². The Bertz CT molecular complexity index is 728. The number of aryl methyl sites for hydroxylation is 2. The van der Waals surface area contributed by atoms with Gasteiger partial charge in [-0.25, -0.2) is 0 Å². The van der Waals surface area contributed by atoms with E-state index >= 15 is 0 Å². The minimum absolute atomic E-state index is 0.0606. The number of rotatable bonds is 3. The lowest BCUT2D eigenvalue weighted by Gasteiger charge is -2.22. The summed E-state index contributed by atoms with van der Waals surface area (Å²) < 4.78 is 5.46. The fourth-order valence-electron chi connectivity index (χ4n) is 3.42. The summed E-state index contributed by atoms with van der Waals surface area (Å²) >= 11 is 0. The van der Waals surface area contributed by atoms with E-state index in [1.54, 1.807) is 0 Å². The van der Waals surface area contributed by atoms with Gasteiger partial charge in [0.15, 0.2) is 5.82 Å². The Morgan fingerprint density at radius 2 is 1.91 bits per heavy atom. The van der Waals surface area contributed by atoms with Gasteiger partial charge in [-0.05, 0) is 51.7 Å². The van der Waals surface area contributed by atoms with Crippen LogP contribution in [0, 0.1) is 13.8 Å². The number of likely N-dealkylation sites (tertiary alicyclic amines) is 1. The third-order valence-corrected chi connectivity index (χ3v) is 4.67. The molecule has 0 N–H and O–H groups in total. The van der Waals surface area contributed by atoms with E-state index in [0.29, 0.717) is 11.8 Å². The second-order valence-corrected chi connectivity index (χ2v) is 6.80. The van der Waals surface area contributed by atoms with Crippen LogP contribution in [0.25, 0.3) is 0 Å². The molecule has 1 atom stereocenters. The first-order valence-electron chi connectivity index (χ1n) is 8.34. The molecule has 1 saturated heterocycles.